The van der Waals surface area contributed by atoms with Crippen molar-refractivity contribution in [2.45, 2.75) is 6.92 Å². The first-order chi connectivity index (χ1) is 10.5. The summed E-state index contributed by atoms with van der Waals surface area (Å²) in [5.74, 6) is -2.30. The van der Waals surface area contributed by atoms with Gasteiger partial charge in [0.2, 0.25) is 0 Å². The fourth-order valence-electron chi connectivity index (χ4n) is 2.04. The van der Waals surface area contributed by atoms with E-state index in [9.17, 15) is 18.4 Å². The van der Waals surface area contributed by atoms with Crippen LogP contribution >= 0.6 is 0 Å². The number of benzene rings is 1. The average molecular weight is 304 g/mol. The molecule has 2 N–H and O–H groups in total. The third-order valence-electron chi connectivity index (χ3n) is 3.05. The Morgan fingerprint density at radius 3 is 2.82 bits per heavy atom. The van der Waals surface area contributed by atoms with Crippen LogP contribution in [-0.4, -0.2) is 20.5 Å². The Bertz CT molecular complexity index is 946. The van der Waals surface area contributed by atoms with E-state index in [1.807, 2.05) is 0 Å². The summed E-state index contributed by atoms with van der Waals surface area (Å²) in [6.07, 6.45) is 1.29. The number of anilines is 1. The number of hydrogen-bond donors (Lipinski definition) is 2. The van der Waals surface area contributed by atoms with Gasteiger partial charge in [-0.2, -0.15) is 0 Å². The largest absolute Gasteiger partial charge is 0.319 e. The summed E-state index contributed by atoms with van der Waals surface area (Å²) in [6.45, 7) is 1.62. The van der Waals surface area contributed by atoms with E-state index in [-0.39, 0.29) is 22.5 Å². The molecule has 0 saturated carbocycles. The second-order valence-electron chi connectivity index (χ2n) is 4.66. The highest BCUT2D eigenvalue weighted by molar-refractivity contribution is 6.08. The Morgan fingerprint density at radius 2 is 2.09 bits per heavy atom. The van der Waals surface area contributed by atoms with Crippen molar-refractivity contribution in [3.8, 4) is 0 Å². The Labute approximate surface area is 122 Å². The fourth-order valence-corrected chi connectivity index (χ4v) is 2.04. The summed E-state index contributed by atoms with van der Waals surface area (Å²) < 4.78 is 27.5. The minimum absolute atomic E-state index is 0.0736. The van der Waals surface area contributed by atoms with Crippen molar-refractivity contribution in [2.75, 3.05) is 5.32 Å². The highest BCUT2D eigenvalue weighted by Gasteiger charge is 2.16. The molecule has 1 amide bonds. The Hall–Kier alpha value is -3.03. The Morgan fingerprint density at radius 1 is 1.32 bits per heavy atom. The van der Waals surface area contributed by atoms with E-state index in [1.165, 1.54) is 12.3 Å². The van der Waals surface area contributed by atoms with Crippen molar-refractivity contribution < 1.29 is 13.6 Å². The van der Waals surface area contributed by atoms with Crippen LogP contribution in [0, 0.1) is 18.6 Å². The van der Waals surface area contributed by atoms with Crippen LogP contribution in [-0.2, 0) is 0 Å². The number of rotatable bonds is 2. The number of aryl methyl sites for hydroxylation is 1. The maximum absolute atomic E-state index is 13.6. The van der Waals surface area contributed by atoms with Gasteiger partial charge >= 0.3 is 0 Å². The number of nitrogens with one attached hydrogen (secondary N) is 2. The molecule has 0 spiro atoms. The molecule has 0 aliphatic heterocycles. The smallest absolute Gasteiger partial charge is 0.272 e. The zero-order valence-electron chi connectivity index (χ0n) is 11.4. The minimum atomic E-state index is -0.894. The highest BCUT2D eigenvalue weighted by atomic mass is 19.1. The SMILES string of the molecule is Cc1cc(=O)n2[nH]cc(C(=O)Nc3ccc(F)cc3F)c2n1. The van der Waals surface area contributed by atoms with Crippen molar-refractivity contribution in [3.63, 3.8) is 0 Å². The number of carbonyl (C=O) groups is 1. The van der Waals surface area contributed by atoms with Crippen LogP contribution in [0.4, 0.5) is 14.5 Å². The molecule has 22 heavy (non-hydrogen) atoms. The molecule has 8 heteroatoms. The lowest BCUT2D eigenvalue weighted by atomic mass is 10.2. The second kappa shape index (κ2) is 5.06. The Balaban J connectivity index is 2.01. The topological polar surface area (TPSA) is 79.3 Å². The number of H-pyrrole nitrogens is 1. The normalized spacial score (nSPS) is 10.9. The first kappa shape index (κ1) is 13.9. The van der Waals surface area contributed by atoms with Gasteiger partial charge in [0.25, 0.3) is 11.5 Å². The van der Waals surface area contributed by atoms with Gasteiger partial charge < -0.3 is 5.32 Å². The van der Waals surface area contributed by atoms with Gasteiger partial charge in [-0.05, 0) is 19.1 Å². The van der Waals surface area contributed by atoms with Gasteiger partial charge in [-0.3, -0.25) is 14.7 Å². The third-order valence-corrected chi connectivity index (χ3v) is 3.05. The predicted octanol–water partition coefficient (Wildman–Crippen LogP) is 1.86. The number of halogens is 2. The number of aromatic nitrogens is 3. The third kappa shape index (κ3) is 2.34. The first-order valence-corrected chi connectivity index (χ1v) is 6.30. The lowest BCUT2D eigenvalue weighted by Crippen LogP contribution is -2.17. The number of hydrogen-bond acceptors (Lipinski definition) is 3. The molecular formula is C14H10F2N4O2. The van der Waals surface area contributed by atoms with Crippen LogP contribution in [0.1, 0.15) is 16.1 Å². The molecule has 0 fully saturated rings. The molecule has 0 radical (unpaired) electrons. The summed E-state index contributed by atoms with van der Waals surface area (Å²) in [5.41, 5.74) is 0.122. The molecule has 6 nitrogen and oxygen atoms in total. The molecule has 2 heterocycles. The molecule has 0 aliphatic rings. The molecular weight excluding hydrogens is 294 g/mol. The molecule has 3 aromatic rings. The van der Waals surface area contributed by atoms with Crippen LogP contribution in [0.25, 0.3) is 5.65 Å². The van der Waals surface area contributed by atoms with Crippen molar-refractivity contribution in [2.24, 2.45) is 0 Å². The number of nitrogens with zero attached hydrogens (tertiary/aromatic N) is 2. The summed E-state index contributed by atoms with van der Waals surface area (Å²) in [5, 5.41) is 4.92. The van der Waals surface area contributed by atoms with Gasteiger partial charge in [0.05, 0.1) is 5.69 Å². The van der Waals surface area contributed by atoms with Gasteiger partial charge in [0.15, 0.2) is 5.65 Å². The summed E-state index contributed by atoms with van der Waals surface area (Å²) in [4.78, 5) is 28.1. The quantitative estimate of drug-likeness (QED) is 0.758. The van der Waals surface area contributed by atoms with E-state index in [0.29, 0.717) is 11.8 Å². The number of aromatic amines is 1. The monoisotopic (exact) mass is 304 g/mol. The van der Waals surface area contributed by atoms with Crippen LogP contribution < -0.4 is 10.9 Å². The lowest BCUT2D eigenvalue weighted by Gasteiger charge is -2.05. The van der Waals surface area contributed by atoms with E-state index in [0.717, 1.165) is 16.6 Å². The number of amides is 1. The fraction of sp³-hybridized carbons (Fsp3) is 0.0714. The van der Waals surface area contributed by atoms with Crippen molar-refractivity contribution in [1.82, 2.24) is 14.6 Å². The summed E-state index contributed by atoms with van der Waals surface area (Å²) in [6, 6.07) is 4.12. The molecule has 0 atom stereocenters. The predicted molar refractivity (Wildman–Crippen MR) is 74.9 cm³/mol. The molecule has 1 aromatic carbocycles. The van der Waals surface area contributed by atoms with Crippen LogP contribution in [0.3, 0.4) is 0 Å². The minimum Gasteiger partial charge on any atom is -0.319 e. The zero-order valence-corrected chi connectivity index (χ0v) is 11.4. The molecule has 0 aliphatic carbocycles. The summed E-state index contributed by atoms with van der Waals surface area (Å²) in [7, 11) is 0. The molecule has 0 saturated heterocycles. The van der Waals surface area contributed by atoms with E-state index in [4.69, 9.17) is 0 Å². The summed E-state index contributed by atoms with van der Waals surface area (Å²) >= 11 is 0. The van der Waals surface area contributed by atoms with E-state index in [2.05, 4.69) is 15.4 Å². The number of carbonyl (C=O) groups excluding carboxylic acids is 1. The van der Waals surface area contributed by atoms with Gasteiger partial charge in [-0.25, -0.2) is 18.3 Å². The van der Waals surface area contributed by atoms with Crippen molar-refractivity contribution in [1.29, 1.82) is 0 Å². The maximum Gasteiger partial charge on any atom is 0.272 e. The second-order valence-corrected chi connectivity index (χ2v) is 4.66. The number of fused-ring (bicyclic) bond motifs is 1. The Kier molecular flexibility index (Phi) is 3.21. The van der Waals surface area contributed by atoms with Gasteiger partial charge in [0, 0.05) is 24.0 Å². The maximum atomic E-state index is 13.6. The molecule has 2 aromatic heterocycles. The molecule has 0 unspecified atom stereocenters. The zero-order chi connectivity index (χ0) is 15.9. The van der Waals surface area contributed by atoms with Crippen LogP contribution in [0.5, 0.6) is 0 Å². The van der Waals surface area contributed by atoms with Crippen LogP contribution in [0.15, 0.2) is 35.3 Å². The average Bonchev–Trinajstić information content (AvgIpc) is 2.86. The van der Waals surface area contributed by atoms with Gasteiger partial charge in [-0.15, -0.1) is 0 Å². The molecule has 3 rings (SSSR count). The van der Waals surface area contributed by atoms with Gasteiger partial charge in [0.1, 0.15) is 17.2 Å². The van der Waals surface area contributed by atoms with Gasteiger partial charge in [-0.1, -0.05) is 0 Å². The van der Waals surface area contributed by atoms with E-state index in [1.54, 1.807) is 6.92 Å². The first-order valence-electron chi connectivity index (χ1n) is 6.30. The standard InChI is InChI=1S/C14H10F2N4O2/c1-7-4-12(21)20-13(18-7)9(6-17-20)14(22)19-11-3-2-8(15)5-10(11)16/h2-6,17H,1H3,(H,19,22). The van der Waals surface area contributed by atoms with Crippen molar-refractivity contribution in [3.05, 3.63) is 63.7 Å². The van der Waals surface area contributed by atoms with Crippen LogP contribution in [0.2, 0.25) is 0 Å². The highest BCUT2D eigenvalue weighted by Crippen LogP contribution is 2.17. The molecule has 112 valence electrons. The van der Waals surface area contributed by atoms with Crippen molar-refractivity contribution >= 4 is 17.2 Å². The van der Waals surface area contributed by atoms with E-state index >= 15 is 0 Å². The molecule has 0 bridgehead atoms. The van der Waals surface area contributed by atoms with E-state index < -0.39 is 17.5 Å². The lowest BCUT2D eigenvalue weighted by molar-refractivity contribution is 0.102.